The van der Waals surface area contributed by atoms with Crippen molar-refractivity contribution in [3.8, 4) is 6.07 Å². The molecule has 0 bridgehead atoms. The van der Waals surface area contributed by atoms with Gasteiger partial charge in [0, 0.05) is 36.6 Å². The quantitative estimate of drug-likeness (QED) is 0.195. The Morgan fingerprint density at radius 3 is 2.56 bits per heavy atom. The molecule has 1 saturated heterocycles. The molecule has 0 aliphatic carbocycles. The molecule has 4 rings (SSSR count). The smallest absolute Gasteiger partial charge is 0.265 e. The molecule has 0 unspecified atom stereocenters. The number of carbonyl (C=O) groups excluding carboxylic acids is 2. The highest BCUT2D eigenvalue weighted by atomic mass is 32.1. The highest BCUT2D eigenvalue weighted by molar-refractivity contribution is 7.18. The number of carbonyl (C=O) groups is 2. The second-order valence-corrected chi connectivity index (χ2v) is 12.0. The fourth-order valence-electron chi connectivity index (χ4n) is 4.46. The lowest BCUT2D eigenvalue weighted by Gasteiger charge is -2.25. The molecular weight excluding hydrogens is 560 g/mol. The van der Waals surface area contributed by atoms with E-state index in [4.69, 9.17) is 4.74 Å². The van der Waals surface area contributed by atoms with E-state index >= 15 is 0 Å². The first kappa shape index (κ1) is 31.6. The molecule has 2 aromatic carbocycles. The van der Waals surface area contributed by atoms with Crippen molar-refractivity contribution in [1.82, 2.24) is 4.90 Å². The van der Waals surface area contributed by atoms with Gasteiger partial charge in [0.05, 0.1) is 41.1 Å². The van der Waals surface area contributed by atoms with Gasteiger partial charge in [0.15, 0.2) is 0 Å². The normalized spacial score (nSPS) is 14.1. The van der Waals surface area contributed by atoms with Gasteiger partial charge in [-0.1, -0.05) is 24.8 Å². The number of hydrogen-bond donors (Lipinski definition) is 3. The Morgan fingerprint density at radius 2 is 1.84 bits per heavy atom. The van der Waals surface area contributed by atoms with Gasteiger partial charge in [-0.3, -0.25) is 19.5 Å². The first-order chi connectivity index (χ1) is 20.6. The van der Waals surface area contributed by atoms with Crippen LogP contribution in [0.15, 0.2) is 66.2 Å². The zero-order valence-electron chi connectivity index (χ0n) is 25.1. The Kier molecular flexibility index (Phi) is 10.5. The van der Waals surface area contributed by atoms with Crippen molar-refractivity contribution in [2.75, 3.05) is 55.3 Å². The number of rotatable bonds is 10. The number of thiophene rings is 1. The number of aryl methyl sites for hydroxylation is 2. The summed E-state index contributed by atoms with van der Waals surface area (Å²) >= 11 is 1.34. The largest absolute Gasteiger partial charge is 0.379 e. The van der Waals surface area contributed by atoms with Gasteiger partial charge >= 0.3 is 0 Å². The van der Waals surface area contributed by atoms with Gasteiger partial charge in [-0.15, -0.1) is 11.3 Å². The molecule has 3 N–H and O–H groups in total. The SMILES string of the molecule is C=CC(=NCCN1CCOCC1)Nc1sc(C(=O)Nc2cc(NC(=O)c3cccc(C(C)(C)C#N)c3)ccc2C)cc1C. The first-order valence-electron chi connectivity index (χ1n) is 14.2. The molecule has 224 valence electrons. The van der Waals surface area contributed by atoms with Gasteiger partial charge < -0.3 is 20.7 Å². The van der Waals surface area contributed by atoms with E-state index in [0.29, 0.717) is 34.2 Å². The molecule has 43 heavy (non-hydrogen) atoms. The summed E-state index contributed by atoms with van der Waals surface area (Å²) in [5, 5.41) is 19.5. The predicted octanol–water partition coefficient (Wildman–Crippen LogP) is 6.00. The summed E-state index contributed by atoms with van der Waals surface area (Å²) in [6, 6.07) is 16.5. The molecule has 0 spiro atoms. The molecule has 3 aromatic rings. The number of nitriles is 1. The van der Waals surface area contributed by atoms with Crippen LogP contribution in [-0.4, -0.2) is 61.9 Å². The molecule has 2 amide bonds. The Hall–Kier alpha value is -4.30. The highest BCUT2D eigenvalue weighted by Crippen LogP contribution is 2.30. The van der Waals surface area contributed by atoms with E-state index in [2.05, 4.69) is 38.5 Å². The van der Waals surface area contributed by atoms with Crippen LogP contribution < -0.4 is 16.0 Å². The predicted molar refractivity (Wildman–Crippen MR) is 175 cm³/mol. The molecule has 0 radical (unpaired) electrons. The van der Waals surface area contributed by atoms with Gasteiger partial charge in [-0.25, -0.2) is 0 Å². The number of benzene rings is 2. The van der Waals surface area contributed by atoms with E-state index in [0.717, 1.165) is 54.5 Å². The maximum atomic E-state index is 13.2. The number of aliphatic imine (C=N–C) groups is 1. The van der Waals surface area contributed by atoms with E-state index in [9.17, 15) is 14.9 Å². The van der Waals surface area contributed by atoms with Crippen molar-refractivity contribution in [3.63, 3.8) is 0 Å². The van der Waals surface area contributed by atoms with Crippen LogP contribution >= 0.6 is 11.3 Å². The summed E-state index contributed by atoms with van der Waals surface area (Å²) < 4.78 is 5.40. The van der Waals surface area contributed by atoms with E-state index in [-0.39, 0.29) is 11.8 Å². The third-order valence-electron chi connectivity index (χ3n) is 7.25. The monoisotopic (exact) mass is 598 g/mol. The van der Waals surface area contributed by atoms with Crippen molar-refractivity contribution in [1.29, 1.82) is 5.26 Å². The van der Waals surface area contributed by atoms with Gasteiger partial charge in [0.1, 0.15) is 5.84 Å². The molecule has 1 aliphatic heterocycles. The standard InChI is InChI=1S/C33H38N6O3S/c1-6-29(35-12-13-39-14-16-42-17-15-39)38-32-23(3)18-28(43-32)31(41)37-27-20-26(11-10-22(27)2)36-30(40)24-8-7-9-25(19-24)33(4,5)21-34/h6-11,18-20H,1,12-17H2,2-5H3,(H,35,38)(H,36,40)(H,37,41). The lowest BCUT2D eigenvalue weighted by atomic mass is 9.85. The minimum Gasteiger partial charge on any atom is -0.379 e. The van der Waals surface area contributed by atoms with Gasteiger partial charge in [-0.05, 0) is 80.8 Å². The van der Waals surface area contributed by atoms with Crippen molar-refractivity contribution >= 4 is 45.4 Å². The van der Waals surface area contributed by atoms with Gasteiger partial charge in [0.25, 0.3) is 11.8 Å². The van der Waals surface area contributed by atoms with Crippen LogP contribution in [0.4, 0.5) is 16.4 Å². The maximum absolute atomic E-state index is 13.2. The van der Waals surface area contributed by atoms with Crippen LogP contribution in [0.25, 0.3) is 0 Å². The number of morpholine rings is 1. The third kappa shape index (κ3) is 8.38. The lowest BCUT2D eigenvalue weighted by molar-refractivity contribution is 0.0394. The second kappa shape index (κ2) is 14.2. The molecule has 10 heteroatoms. The number of ether oxygens (including phenoxy) is 1. The number of nitrogens with zero attached hydrogens (tertiary/aromatic N) is 3. The number of hydrogen-bond acceptors (Lipinski definition) is 7. The van der Waals surface area contributed by atoms with Crippen LogP contribution in [0.3, 0.4) is 0 Å². The molecular formula is C33H38N6O3S. The number of anilines is 3. The summed E-state index contributed by atoms with van der Waals surface area (Å²) in [5.74, 6) is 0.112. The Labute approximate surface area is 257 Å². The van der Waals surface area contributed by atoms with Crippen LogP contribution in [-0.2, 0) is 10.2 Å². The topological polar surface area (TPSA) is 119 Å². The number of amidine groups is 1. The molecule has 0 saturated carbocycles. The summed E-state index contributed by atoms with van der Waals surface area (Å²) in [5.41, 5.74) is 3.43. The second-order valence-electron chi connectivity index (χ2n) is 10.9. The van der Waals surface area contributed by atoms with Crippen LogP contribution in [0, 0.1) is 25.2 Å². The zero-order valence-corrected chi connectivity index (χ0v) is 25.9. The molecule has 2 heterocycles. The highest BCUT2D eigenvalue weighted by Gasteiger charge is 2.21. The van der Waals surface area contributed by atoms with E-state index < -0.39 is 5.41 Å². The number of amides is 2. The van der Waals surface area contributed by atoms with Crippen molar-refractivity contribution in [2.24, 2.45) is 4.99 Å². The summed E-state index contributed by atoms with van der Waals surface area (Å²) in [7, 11) is 0. The van der Waals surface area contributed by atoms with Crippen molar-refractivity contribution in [2.45, 2.75) is 33.1 Å². The van der Waals surface area contributed by atoms with Crippen LogP contribution in [0.5, 0.6) is 0 Å². The molecule has 1 fully saturated rings. The van der Waals surface area contributed by atoms with Gasteiger partial charge in [-0.2, -0.15) is 5.26 Å². The average Bonchev–Trinajstić information content (AvgIpc) is 3.38. The maximum Gasteiger partial charge on any atom is 0.265 e. The minimum absolute atomic E-state index is 0.247. The van der Waals surface area contributed by atoms with Gasteiger partial charge in [0.2, 0.25) is 0 Å². The number of nitrogens with one attached hydrogen (secondary N) is 3. The Bertz CT molecular complexity index is 1560. The third-order valence-corrected chi connectivity index (χ3v) is 8.40. The fraction of sp³-hybridized carbons (Fsp3) is 0.333. The Morgan fingerprint density at radius 1 is 1.07 bits per heavy atom. The lowest BCUT2D eigenvalue weighted by Crippen LogP contribution is -2.37. The van der Waals surface area contributed by atoms with Crippen LogP contribution in [0.1, 0.15) is 50.6 Å². The first-order valence-corrected chi connectivity index (χ1v) is 15.0. The van der Waals surface area contributed by atoms with E-state index in [1.54, 1.807) is 36.4 Å². The summed E-state index contributed by atoms with van der Waals surface area (Å²) in [6.07, 6.45) is 1.68. The average molecular weight is 599 g/mol. The summed E-state index contributed by atoms with van der Waals surface area (Å²) in [6.45, 7) is 16.2. The molecule has 0 atom stereocenters. The minimum atomic E-state index is -0.712. The molecule has 1 aromatic heterocycles. The van der Waals surface area contributed by atoms with E-state index in [1.165, 1.54) is 11.3 Å². The molecule has 1 aliphatic rings. The zero-order chi connectivity index (χ0) is 31.0. The van der Waals surface area contributed by atoms with Crippen molar-refractivity contribution < 1.29 is 14.3 Å². The summed E-state index contributed by atoms with van der Waals surface area (Å²) in [4.78, 5) is 33.8. The van der Waals surface area contributed by atoms with Crippen molar-refractivity contribution in [3.05, 3.63) is 88.3 Å². The fourth-order valence-corrected chi connectivity index (χ4v) is 5.44. The van der Waals surface area contributed by atoms with Crippen LogP contribution in [0.2, 0.25) is 0 Å². The molecule has 9 nitrogen and oxygen atoms in total. The van der Waals surface area contributed by atoms with E-state index in [1.807, 2.05) is 45.9 Å². The Balaban J connectivity index is 1.40.